The number of amides is 2. The number of hydrogen-bond acceptors (Lipinski definition) is 4. The number of hydrogen-bond donors (Lipinski definition) is 2. The van der Waals surface area contributed by atoms with Crippen molar-refractivity contribution in [3.63, 3.8) is 0 Å². The highest BCUT2D eigenvalue weighted by Crippen LogP contribution is 2.23. The van der Waals surface area contributed by atoms with E-state index in [1.54, 1.807) is 0 Å². The molecule has 0 fully saturated rings. The third-order valence-electron chi connectivity index (χ3n) is 3.99. The van der Waals surface area contributed by atoms with Gasteiger partial charge in [0.1, 0.15) is 6.33 Å². The zero-order chi connectivity index (χ0) is 17.9. The molecule has 1 aliphatic rings. The van der Waals surface area contributed by atoms with E-state index in [0.29, 0.717) is 11.4 Å². The molecule has 4 rings (SSSR count). The highest BCUT2D eigenvalue weighted by Gasteiger charge is 2.27. The van der Waals surface area contributed by atoms with Crippen LogP contribution in [0.2, 0.25) is 0 Å². The van der Waals surface area contributed by atoms with E-state index in [-0.39, 0.29) is 0 Å². The number of aliphatic imine (C=N–C) groups is 1. The fourth-order valence-electron chi connectivity index (χ4n) is 2.75. The Morgan fingerprint density at radius 2 is 1.85 bits per heavy atom. The Hall–Kier alpha value is -3.74. The van der Waals surface area contributed by atoms with Gasteiger partial charge >= 0.3 is 6.03 Å². The first-order chi connectivity index (χ1) is 12.7. The molecule has 1 atom stereocenters. The van der Waals surface area contributed by atoms with Crippen LogP contribution in [0.25, 0.3) is 0 Å². The van der Waals surface area contributed by atoms with Crippen LogP contribution in [0.1, 0.15) is 11.1 Å². The van der Waals surface area contributed by atoms with E-state index in [1.165, 1.54) is 23.3 Å². The van der Waals surface area contributed by atoms with Crippen LogP contribution in [0.4, 0.5) is 10.5 Å². The van der Waals surface area contributed by atoms with Gasteiger partial charge in [-0.25, -0.2) is 14.8 Å². The standard InChI is InChI=1S/C19H15N5O2/c25-18-17(23-19(26)24-11-10-20-12-24)22-16(13-6-2-1-3-7-13)14-8-4-5-9-15(14)21-18/h1-12,17H,(H,21,25)(H,23,26)/t17-/m1/s1. The van der Waals surface area contributed by atoms with Gasteiger partial charge in [0.25, 0.3) is 5.91 Å². The number of para-hydroxylation sites is 1. The maximum absolute atomic E-state index is 12.6. The molecule has 0 unspecified atom stereocenters. The van der Waals surface area contributed by atoms with E-state index in [9.17, 15) is 9.59 Å². The van der Waals surface area contributed by atoms with Crippen molar-refractivity contribution in [2.45, 2.75) is 6.17 Å². The molecule has 2 amide bonds. The molecule has 0 radical (unpaired) electrons. The summed E-state index contributed by atoms with van der Waals surface area (Å²) < 4.78 is 1.25. The summed E-state index contributed by atoms with van der Waals surface area (Å²) in [6, 6.07) is 16.5. The lowest BCUT2D eigenvalue weighted by Crippen LogP contribution is -2.43. The van der Waals surface area contributed by atoms with Crippen molar-refractivity contribution < 1.29 is 9.59 Å². The summed E-state index contributed by atoms with van der Waals surface area (Å²) in [5, 5.41) is 5.46. The molecule has 3 aromatic rings. The zero-order valence-electron chi connectivity index (χ0n) is 13.7. The van der Waals surface area contributed by atoms with Gasteiger partial charge in [0, 0.05) is 23.5 Å². The molecule has 0 aliphatic carbocycles. The molecule has 0 saturated heterocycles. The normalized spacial score (nSPS) is 16.1. The number of carbonyl (C=O) groups is 2. The van der Waals surface area contributed by atoms with Crippen molar-refractivity contribution in [3.8, 4) is 0 Å². The Morgan fingerprint density at radius 3 is 2.62 bits per heavy atom. The molecule has 0 bridgehead atoms. The van der Waals surface area contributed by atoms with Crippen molar-refractivity contribution >= 4 is 23.3 Å². The van der Waals surface area contributed by atoms with Gasteiger partial charge in [-0.2, -0.15) is 0 Å². The third kappa shape index (κ3) is 2.98. The van der Waals surface area contributed by atoms with Crippen LogP contribution in [0.5, 0.6) is 0 Å². The highest BCUT2D eigenvalue weighted by molar-refractivity contribution is 6.19. The Bertz CT molecular complexity index is 980. The lowest BCUT2D eigenvalue weighted by atomic mass is 10.0. The Labute approximate surface area is 149 Å². The van der Waals surface area contributed by atoms with Crippen LogP contribution < -0.4 is 10.6 Å². The number of nitrogens with one attached hydrogen (secondary N) is 2. The number of nitrogens with zero attached hydrogens (tertiary/aromatic N) is 3. The van der Waals surface area contributed by atoms with Crippen LogP contribution in [0.3, 0.4) is 0 Å². The summed E-state index contributed by atoms with van der Waals surface area (Å²) >= 11 is 0. The van der Waals surface area contributed by atoms with E-state index in [0.717, 1.165) is 11.1 Å². The third-order valence-corrected chi connectivity index (χ3v) is 3.99. The van der Waals surface area contributed by atoms with Crippen molar-refractivity contribution in [3.05, 3.63) is 84.4 Å². The SMILES string of the molecule is O=C1Nc2ccccc2C(c2ccccc2)=N[C@@H]1NC(=O)n1ccnc1. The summed E-state index contributed by atoms with van der Waals surface area (Å²) in [5.41, 5.74) is 2.94. The Morgan fingerprint density at radius 1 is 1.08 bits per heavy atom. The van der Waals surface area contributed by atoms with Gasteiger partial charge in [0.05, 0.1) is 11.4 Å². The first kappa shape index (κ1) is 15.8. The number of benzene rings is 2. The number of fused-ring (bicyclic) bond motifs is 1. The Kier molecular flexibility index (Phi) is 4.03. The first-order valence-electron chi connectivity index (χ1n) is 8.05. The summed E-state index contributed by atoms with van der Waals surface area (Å²) in [4.78, 5) is 33.3. The molecule has 2 N–H and O–H groups in total. The van der Waals surface area contributed by atoms with Gasteiger partial charge in [0.2, 0.25) is 6.17 Å². The predicted octanol–water partition coefficient (Wildman–Crippen LogP) is 2.26. The Balaban J connectivity index is 1.76. The quantitative estimate of drug-likeness (QED) is 0.747. The fourth-order valence-corrected chi connectivity index (χ4v) is 2.75. The van der Waals surface area contributed by atoms with Gasteiger partial charge in [-0.3, -0.25) is 9.36 Å². The van der Waals surface area contributed by atoms with Gasteiger partial charge in [-0.15, -0.1) is 0 Å². The molecule has 2 heterocycles. The molecule has 0 spiro atoms. The topological polar surface area (TPSA) is 88.4 Å². The van der Waals surface area contributed by atoms with Crippen molar-refractivity contribution in [1.29, 1.82) is 0 Å². The maximum Gasteiger partial charge on any atom is 0.328 e. The van der Waals surface area contributed by atoms with Crippen molar-refractivity contribution in [1.82, 2.24) is 14.9 Å². The number of aromatic nitrogens is 2. The molecular weight excluding hydrogens is 330 g/mol. The van der Waals surface area contributed by atoms with E-state index in [4.69, 9.17) is 0 Å². The lowest BCUT2D eigenvalue weighted by Gasteiger charge is -2.13. The minimum Gasteiger partial charge on any atom is -0.322 e. The minimum absolute atomic E-state index is 0.406. The van der Waals surface area contributed by atoms with E-state index >= 15 is 0 Å². The average Bonchev–Trinajstić information content (AvgIpc) is 3.17. The zero-order valence-corrected chi connectivity index (χ0v) is 13.7. The second-order valence-electron chi connectivity index (χ2n) is 5.70. The summed E-state index contributed by atoms with van der Waals surface area (Å²) in [6.07, 6.45) is 3.29. The van der Waals surface area contributed by atoms with Crippen molar-refractivity contribution in [2.75, 3.05) is 5.32 Å². The van der Waals surface area contributed by atoms with Crippen LogP contribution in [-0.4, -0.2) is 33.4 Å². The molecule has 128 valence electrons. The summed E-state index contributed by atoms with van der Waals surface area (Å²) in [5.74, 6) is -0.406. The second kappa shape index (κ2) is 6.64. The number of anilines is 1. The van der Waals surface area contributed by atoms with Crippen LogP contribution >= 0.6 is 0 Å². The van der Waals surface area contributed by atoms with Crippen LogP contribution in [0, 0.1) is 0 Å². The summed E-state index contributed by atoms with van der Waals surface area (Å²) in [6.45, 7) is 0. The summed E-state index contributed by atoms with van der Waals surface area (Å²) in [7, 11) is 0. The second-order valence-corrected chi connectivity index (χ2v) is 5.70. The highest BCUT2D eigenvalue weighted by atomic mass is 16.2. The number of benzodiazepines with no additional fused rings is 1. The molecule has 1 aromatic heterocycles. The molecular formula is C19H15N5O2. The molecule has 1 aliphatic heterocycles. The molecule has 7 heteroatoms. The molecule has 0 saturated carbocycles. The van der Waals surface area contributed by atoms with Crippen molar-refractivity contribution in [2.24, 2.45) is 4.99 Å². The number of carbonyl (C=O) groups excluding carboxylic acids is 2. The van der Waals surface area contributed by atoms with Gasteiger partial charge in [-0.05, 0) is 6.07 Å². The van der Waals surface area contributed by atoms with Gasteiger partial charge in [-0.1, -0.05) is 48.5 Å². The maximum atomic E-state index is 12.6. The van der Waals surface area contributed by atoms with Gasteiger partial charge < -0.3 is 10.6 Å². The van der Waals surface area contributed by atoms with E-state index in [1.807, 2.05) is 54.6 Å². The molecule has 2 aromatic carbocycles. The largest absolute Gasteiger partial charge is 0.328 e. The lowest BCUT2D eigenvalue weighted by molar-refractivity contribution is -0.117. The predicted molar refractivity (Wildman–Crippen MR) is 97.1 cm³/mol. The fraction of sp³-hybridized carbons (Fsp3) is 0.0526. The van der Waals surface area contributed by atoms with E-state index < -0.39 is 18.1 Å². The number of imidazole rings is 1. The average molecular weight is 345 g/mol. The molecule has 26 heavy (non-hydrogen) atoms. The smallest absolute Gasteiger partial charge is 0.322 e. The minimum atomic E-state index is -1.06. The molecule has 7 nitrogen and oxygen atoms in total. The van der Waals surface area contributed by atoms with Crippen LogP contribution in [-0.2, 0) is 4.79 Å². The van der Waals surface area contributed by atoms with Crippen LogP contribution in [0.15, 0.2) is 78.3 Å². The first-order valence-corrected chi connectivity index (χ1v) is 8.05. The van der Waals surface area contributed by atoms with Gasteiger partial charge in [0.15, 0.2) is 0 Å². The monoisotopic (exact) mass is 345 g/mol. The van der Waals surface area contributed by atoms with E-state index in [2.05, 4.69) is 20.6 Å². The number of rotatable bonds is 2.